The minimum Gasteiger partial charge on any atom is -0.289 e. The minimum absolute atomic E-state index is 0.158. The van der Waals surface area contributed by atoms with Crippen LogP contribution in [0.5, 0.6) is 0 Å². The number of carbonyl (C=O) groups excluding carboxylic acids is 1. The second-order valence-corrected chi connectivity index (χ2v) is 7.90. The summed E-state index contributed by atoms with van der Waals surface area (Å²) in [5, 5.41) is 0. The second-order valence-electron chi connectivity index (χ2n) is 6.21. The van der Waals surface area contributed by atoms with Gasteiger partial charge in [0.05, 0.1) is 4.90 Å². The lowest BCUT2D eigenvalue weighted by atomic mass is 10.1. The third kappa shape index (κ3) is 4.72. The van der Waals surface area contributed by atoms with Crippen molar-refractivity contribution in [2.75, 3.05) is 4.72 Å². The average Bonchev–Trinajstić information content (AvgIpc) is 2.68. The number of hydrogen-bond donors (Lipinski definition) is 1. The van der Waals surface area contributed by atoms with E-state index in [0.717, 1.165) is 5.56 Å². The van der Waals surface area contributed by atoms with Crippen molar-refractivity contribution in [3.8, 4) is 0 Å². The lowest BCUT2D eigenvalue weighted by Gasteiger charge is -2.08. The molecule has 3 aromatic rings. The number of nitrogens with one attached hydrogen (secondary N) is 1. The molecular weight excluding hydrogens is 377 g/mol. The quantitative estimate of drug-likeness (QED) is 0.480. The number of ketones is 1. The van der Waals surface area contributed by atoms with Crippen LogP contribution in [0.25, 0.3) is 6.08 Å². The summed E-state index contributed by atoms with van der Waals surface area (Å²) in [4.78, 5) is 12.4. The first-order valence-corrected chi connectivity index (χ1v) is 10.00. The number of carbonyl (C=O) groups is 1. The first-order valence-electron chi connectivity index (χ1n) is 8.52. The maximum atomic E-state index is 13.6. The molecule has 0 fully saturated rings. The first kappa shape index (κ1) is 19.5. The van der Waals surface area contributed by atoms with Crippen molar-refractivity contribution in [2.45, 2.75) is 11.8 Å². The third-order valence-electron chi connectivity index (χ3n) is 4.07. The Morgan fingerprint density at radius 1 is 0.929 bits per heavy atom. The highest BCUT2D eigenvalue weighted by Crippen LogP contribution is 2.18. The van der Waals surface area contributed by atoms with E-state index in [1.165, 1.54) is 54.6 Å². The van der Waals surface area contributed by atoms with Crippen LogP contribution in [0.1, 0.15) is 21.5 Å². The lowest BCUT2D eigenvalue weighted by molar-refractivity contribution is 0.104. The van der Waals surface area contributed by atoms with Gasteiger partial charge in [0.1, 0.15) is 5.82 Å². The second kappa shape index (κ2) is 8.19. The number of sulfonamides is 1. The van der Waals surface area contributed by atoms with Crippen LogP contribution in [-0.2, 0) is 10.0 Å². The van der Waals surface area contributed by atoms with Crippen LogP contribution in [0.2, 0.25) is 0 Å². The summed E-state index contributed by atoms with van der Waals surface area (Å²) in [5.41, 5.74) is 1.99. The minimum atomic E-state index is -3.70. The monoisotopic (exact) mass is 395 g/mol. The molecule has 0 spiro atoms. The van der Waals surface area contributed by atoms with Crippen LogP contribution < -0.4 is 4.72 Å². The molecule has 3 aromatic carbocycles. The van der Waals surface area contributed by atoms with E-state index in [-0.39, 0.29) is 10.7 Å². The predicted molar refractivity (Wildman–Crippen MR) is 108 cm³/mol. The summed E-state index contributed by atoms with van der Waals surface area (Å²) in [6.45, 7) is 1.88. The Morgan fingerprint density at radius 3 is 2.21 bits per heavy atom. The summed E-state index contributed by atoms with van der Waals surface area (Å²) in [5.74, 6) is -0.719. The topological polar surface area (TPSA) is 63.2 Å². The number of halogens is 1. The Hall–Kier alpha value is -3.25. The summed E-state index contributed by atoms with van der Waals surface area (Å²) in [6, 6.07) is 18.7. The molecule has 0 aliphatic heterocycles. The molecule has 0 amide bonds. The van der Waals surface area contributed by atoms with Crippen LogP contribution in [0, 0.1) is 12.7 Å². The zero-order chi connectivity index (χ0) is 20.1. The van der Waals surface area contributed by atoms with Crippen molar-refractivity contribution in [1.29, 1.82) is 0 Å². The molecule has 28 heavy (non-hydrogen) atoms. The molecule has 0 atom stereocenters. The summed E-state index contributed by atoms with van der Waals surface area (Å²) in [7, 11) is -3.70. The van der Waals surface area contributed by atoms with Gasteiger partial charge < -0.3 is 0 Å². The number of anilines is 1. The van der Waals surface area contributed by atoms with Gasteiger partial charge in [0, 0.05) is 16.8 Å². The fourth-order valence-corrected chi connectivity index (χ4v) is 3.56. The van der Waals surface area contributed by atoms with Gasteiger partial charge in [0.25, 0.3) is 10.0 Å². The van der Waals surface area contributed by atoms with E-state index in [2.05, 4.69) is 4.72 Å². The van der Waals surface area contributed by atoms with Crippen molar-refractivity contribution >= 4 is 27.6 Å². The highest BCUT2D eigenvalue weighted by atomic mass is 32.2. The van der Waals surface area contributed by atoms with Gasteiger partial charge in [-0.25, -0.2) is 12.8 Å². The largest absolute Gasteiger partial charge is 0.289 e. The van der Waals surface area contributed by atoms with Gasteiger partial charge in [0.2, 0.25) is 0 Å². The van der Waals surface area contributed by atoms with Gasteiger partial charge in [0.15, 0.2) is 5.78 Å². The van der Waals surface area contributed by atoms with Gasteiger partial charge in [-0.1, -0.05) is 35.9 Å². The molecule has 0 heterocycles. The maximum absolute atomic E-state index is 13.6. The number of rotatable bonds is 6. The number of benzene rings is 3. The predicted octanol–water partition coefficient (Wildman–Crippen LogP) is 4.83. The Morgan fingerprint density at radius 2 is 1.57 bits per heavy atom. The molecule has 0 aliphatic carbocycles. The van der Waals surface area contributed by atoms with Crippen LogP contribution in [0.4, 0.5) is 10.1 Å². The zero-order valence-electron chi connectivity index (χ0n) is 15.1. The number of allylic oxidation sites excluding steroid dienone is 1. The standard InChI is InChI=1S/C22H18FNO3S/c1-16-6-13-20(14-7-16)28(26,27)24-19-11-8-18(9-12-19)22(25)15-10-17-4-2-3-5-21(17)23/h2-15,24H,1H3. The third-order valence-corrected chi connectivity index (χ3v) is 5.47. The molecular formula is C22H18FNO3S. The lowest BCUT2D eigenvalue weighted by Crippen LogP contribution is -2.13. The van der Waals surface area contributed by atoms with Gasteiger partial charge in [-0.05, 0) is 61.5 Å². The van der Waals surface area contributed by atoms with Crippen LogP contribution in [-0.4, -0.2) is 14.2 Å². The Kier molecular flexibility index (Phi) is 5.70. The summed E-state index contributed by atoms with van der Waals surface area (Å²) >= 11 is 0. The highest BCUT2D eigenvalue weighted by Gasteiger charge is 2.14. The Balaban J connectivity index is 1.72. The highest BCUT2D eigenvalue weighted by molar-refractivity contribution is 7.92. The average molecular weight is 395 g/mol. The maximum Gasteiger partial charge on any atom is 0.261 e. The SMILES string of the molecule is Cc1ccc(S(=O)(=O)Nc2ccc(C(=O)C=Cc3ccccc3F)cc2)cc1. The van der Waals surface area contributed by atoms with E-state index < -0.39 is 15.8 Å². The van der Waals surface area contributed by atoms with Crippen LogP contribution in [0.15, 0.2) is 83.8 Å². The molecule has 0 radical (unpaired) electrons. The molecule has 0 aliphatic rings. The molecule has 0 saturated carbocycles. The molecule has 6 heteroatoms. The van der Waals surface area contributed by atoms with Crippen molar-refractivity contribution in [3.05, 3.63) is 101 Å². The van der Waals surface area contributed by atoms with E-state index in [1.54, 1.807) is 30.3 Å². The van der Waals surface area contributed by atoms with E-state index in [4.69, 9.17) is 0 Å². The van der Waals surface area contributed by atoms with E-state index >= 15 is 0 Å². The normalized spacial score (nSPS) is 11.5. The number of hydrogen-bond acceptors (Lipinski definition) is 3. The fraction of sp³-hybridized carbons (Fsp3) is 0.0455. The van der Waals surface area contributed by atoms with E-state index in [0.29, 0.717) is 16.8 Å². The molecule has 0 aromatic heterocycles. The van der Waals surface area contributed by atoms with E-state index in [9.17, 15) is 17.6 Å². The first-order chi connectivity index (χ1) is 13.3. The van der Waals surface area contributed by atoms with E-state index in [1.807, 2.05) is 6.92 Å². The van der Waals surface area contributed by atoms with Crippen molar-refractivity contribution in [1.82, 2.24) is 0 Å². The molecule has 0 saturated heterocycles. The zero-order valence-corrected chi connectivity index (χ0v) is 15.9. The van der Waals surface area contributed by atoms with Crippen molar-refractivity contribution in [2.24, 2.45) is 0 Å². The molecule has 3 rings (SSSR count). The van der Waals surface area contributed by atoms with Crippen LogP contribution >= 0.6 is 0 Å². The fourth-order valence-electron chi connectivity index (χ4n) is 2.51. The smallest absolute Gasteiger partial charge is 0.261 e. The van der Waals surface area contributed by atoms with Gasteiger partial charge in [-0.2, -0.15) is 0 Å². The molecule has 4 nitrogen and oxygen atoms in total. The van der Waals surface area contributed by atoms with Crippen LogP contribution in [0.3, 0.4) is 0 Å². The Labute approximate surface area is 163 Å². The summed E-state index contributed by atoms with van der Waals surface area (Å²) < 4.78 is 40.9. The van der Waals surface area contributed by atoms with Gasteiger partial charge in [-0.15, -0.1) is 0 Å². The van der Waals surface area contributed by atoms with Gasteiger partial charge >= 0.3 is 0 Å². The molecule has 1 N–H and O–H groups in total. The summed E-state index contributed by atoms with van der Waals surface area (Å²) in [6.07, 6.45) is 2.69. The van der Waals surface area contributed by atoms with Gasteiger partial charge in [-0.3, -0.25) is 9.52 Å². The molecule has 0 unspecified atom stereocenters. The van der Waals surface area contributed by atoms with Crippen molar-refractivity contribution in [3.63, 3.8) is 0 Å². The molecule has 0 bridgehead atoms. The molecule has 142 valence electrons. The Bertz CT molecular complexity index is 1120. The van der Waals surface area contributed by atoms with Crippen molar-refractivity contribution < 1.29 is 17.6 Å². The number of aryl methyl sites for hydroxylation is 1.